The van der Waals surface area contributed by atoms with Crippen molar-refractivity contribution in [2.75, 3.05) is 26.0 Å². The maximum absolute atomic E-state index is 11.9. The number of thiazole rings is 1. The van der Waals surface area contributed by atoms with E-state index in [9.17, 15) is 4.79 Å². The Morgan fingerprint density at radius 3 is 2.73 bits per heavy atom. The summed E-state index contributed by atoms with van der Waals surface area (Å²) in [5.41, 5.74) is 1.02. The van der Waals surface area contributed by atoms with E-state index in [1.165, 1.54) is 4.70 Å². The molecule has 0 fully saturated rings. The molecule has 3 aromatic rings. The Morgan fingerprint density at radius 1 is 1.15 bits per heavy atom. The van der Waals surface area contributed by atoms with E-state index in [0.717, 1.165) is 16.3 Å². The predicted octanol–water partition coefficient (Wildman–Crippen LogP) is 3.73. The highest BCUT2D eigenvalue weighted by Gasteiger charge is 2.06. The number of nitrogens with zero attached hydrogens (tertiary/aromatic N) is 1. The highest BCUT2D eigenvalue weighted by Crippen LogP contribution is 2.26. The SMILES string of the molecule is COc1ccccc1OCCNC(=O)CSCc1nc2ccccc2s1. The van der Waals surface area contributed by atoms with Crippen LogP contribution in [0.15, 0.2) is 48.5 Å². The molecule has 1 aromatic heterocycles. The van der Waals surface area contributed by atoms with Gasteiger partial charge >= 0.3 is 0 Å². The van der Waals surface area contributed by atoms with Crippen molar-refractivity contribution in [1.82, 2.24) is 10.3 Å². The molecule has 0 aliphatic carbocycles. The zero-order valence-corrected chi connectivity index (χ0v) is 16.1. The maximum Gasteiger partial charge on any atom is 0.230 e. The molecular formula is C19H20N2O3S2. The van der Waals surface area contributed by atoms with Crippen LogP contribution in [0.5, 0.6) is 11.5 Å². The molecule has 136 valence electrons. The molecule has 5 nitrogen and oxygen atoms in total. The van der Waals surface area contributed by atoms with Crippen molar-refractivity contribution in [3.8, 4) is 11.5 Å². The molecule has 2 aromatic carbocycles. The first kappa shape index (κ1) is 18.5. The van der Waals surface area contributed by atoms with Gasteiger partial charge in [0, 0.05) is 5.75 Å². The van der Waals surface area contributed by atoms with Gasteiger partial charge in [0.15, 0.2) is 11.5 Å². The number of hydrogen-bond acceptors (Lipinski definition) is 6. The molecular weight excluding hydrogens is 368 g/mol. The summed E-state index contributed by atoms with van der Waals surface area (Å²) in [7, 11) is 1.60. The largest absolute Gasteiger partial charge is 0.493 e. The summed E-state index contributed by atoms with van der Waals surface area (Å²) < 4.78 is 12.0. The topological polar surface area (TPSA) is 60.5 Å². The first-order valence-corrected chi connectivity index (χ1v) is 10.2. The van der Waals surface area contributed by atoms with Crippen LogP contribution in [0.3, 0.4) is 0 Å². The summed E-state index contributed by atoms with van der Waals surface area (Å²) in [4.78, 5) is 16.5. The normalized spacial score (nSPS) is 10.7. The van der Waals surface area contributed by atoms with Crippen LogP contribution >= 0.6 is 23.1 Å². The third-order valence-electron chi connectivity index (χ3n) is 3.55. The number of carbonyl (C=O) groups is 1. The van der Waals surface area contributed by atoms with Crippen molar-refractivity contribution < 1.29 is 14.3 Å². The number of nitrogens with one attached hydrogen (secondary N) is 1. The summed E-state index contributed by atoms with van der Waals surface area (Å²) in [6.07, 6.45) is 0. The van der Waals surface area contributed by atoms with Gasteiger partial charge in [-0.25, -0.2) is 4.98 Å². The lowest BCUT2D eigenvalue weighted by molar-refractivity contribution is -0.118. The van der Waals surface area contributed by atoms with E-state index in [-0.39, 0.29) is 5.91 Å². The van der Waals surface area contributed by atoms with Crippen LogP contribution in [0, 0.1) is 0 Å². The Morgan fingerprint density at radius 2 is 1.92 bits per heavy atom. The van der Waals surface area contributed by atoms with Gasteiger partial charge in [-0.1, -0.05) is 24.3 Å². The van der Waals surface area contributed by atoms with E-state index in [4.69, 9.17) is 9.47 Å². The average molecular weight is 389 g/mol. The number of rotatable bonds is 9. The van der Waals surface area contributed by atoms with Gasteiger partial charge in [-0.05, 0) is 24.3 Å². The van der Waals surface area contributed by atoms with Crippen molar-refractivity contribution >= 4 is 39.2 Å². The molecule has 26 heavy (non-hydrogen) atoms. The van der Waals surface area contributed by atoms with Crippen molar-refractivity contribution in [3.63, 3.8) is 0 Å². The molecule has 1 N–H and O–H groups in total. The van der Waals surface area contributed by atoms with Gasteiger partial charge in [0.05, 0.1) is 29.6 Å². The molecule has 0 bridgehead atoms. The fourth-order valence-corrected chi connectivity index (χ4v) is 4.23. The fourth-order valence-electron chi connectivity index (χ4n) is 2.35. The molecule has 7 heteroatoms. The third kappa shape index (κ3) is 5.12. The predicted molar refractivity (Wildman–Crippen MR) is 107 cm³/mol. The highest BCUT2D eigenvalue weighted by molar-refractivity contribution is 7.99. The molecule has 0 atom stereocenters. The van der Waals surface area contributed by atoms with Gasteiger partial charge in [-0.3, -0.25) is 4.79 Å². The quantitative estimate of drug-likeness (QED) is 0.566. The van der Waals surface area contributed by atoms with Crippen LogP contribution in [-0.4, -0.2) is 36.9 Å². The second-order valence-corrected chi connectivity index (χ2v) is 7.52. The van der Waals surface area contributed by atoms with Crippen LogP contribution in [-0.2, 0) is 10.5 Å². The molecule has 3 rings (SSSR count). The molecule has 0 radical (unpaired) electrons. The lowest BCUT2D eigenvalue weighted by Gasteiger charge is -2.10. The second-order valence-electron chi connectivity index (χ2n) is 5.42. The summed E-state index contributed by atoms with van der Waals surface area (Å²) in [6, 6.07) is 15.5. The van der Waals surface area contributed by atoms with Crippen molar-refractivity contribution in [3.05, 3.63) is 53.5 Å². The van der Waals surface area contributed by atoms with Crippen molar-refractivity contribution in [2.45, 2.75) is 5.75 Å². The van der Waals surface area contributed by atoms with E-state index in [2.05, 4.69) is 16.4 Å². The molecule has 0 aliphatic rings. The molecule has 0 unspecified atom stereocenters. The molecule has 0 saturated carbocycles. The monoisotopic (exact) mass is 388 g/mol. The minimum atomic E-state index is -0.000243. The molecule has 0 spiro atoms. The van der Waals surface area contributed by atoms with E-state index >= 15 is 0 Å². The van der Waals surface area contributed by atoms with Crippen LogP contribution in [0.25, 0.3) is 10.2 Å². The molecule has 0 saturated heterocycles. The van der Waals surface area contributed by atoms with Crippen LogP contribution in [0.2, 0.25) is 0 Å². The first-order chi connectivity index (χ1) is 12.8. The van der Waals surface area contributed by atoms with Gasteiger partial charge in [0.2, 0.25) is 5.91 Å². The zero-order chi connectivity index (χ0) is 18.2. The standard InChI is InChI=1S/C19H20N2O3S2/c1-23-15-7-3-4-8-16(15)24-11-10-20-18(22)12-25-13-19-21-14-6-2-5-9-17(14)26-19/h2-9H,10-13H2,1H3,(H,20,22). The Hall–Kier alpha value is -2.25. The van der Waals surface area contributed by atoms with E-state index in [1.807, 2.05) is 42.5 Å². The number of carbonyl (C=O) groups excluding carboxylic acids is 1. The molecule has 1 amide bonds. The fraction of sp³-hybridized carbons (Fsp3) is 0.263. The van der Waals surface area contributed by atoms with Gasteiger partial charge in [0.1, 0.15) is 11.6 Å². The van der Waals surface area contributed by atoms with E-state index < -0.39 is 0 Å². The van der Waals surface area contributed by atoms with Crippen molar-refractivity contribution in [2.24, 2.45) is 0 Å². The number of ether oxygens (including phenoxy) is 2. The number of aromatic nitrogens is 1. The number of thioether (sulfide) groups is 1. The Bertz CT molecular complexity index is 834. The van der Waals surface area contributed by atoms with Gasteiger partial charge in [0.25, 0.3) is 0 Å². The number of methoxy groups -OCH3 is 1. The summed E-state index contributed by atoms with van der Waals surface area (Å²) >= 11 is 3.24. The van der Waals surface area contributed by atoms with Crippen LogP contribution < -0.4 is 14.8 Å². The Labute approximate surface area is 160 Å². The Balaban J connectivity index is 1.34. The number of hydrogen-bond donors (Lipinski definition) is 1. The molecule has 1 heterocycles. The number of amides is 1. The van der Waals surface area contributed by atoms with Gasteiger partial charge in [-0.2, -0.15) is 0 Å². The lowest BCUT2D eigenvalue weighted by atomic mass is 10.3. The maximum atomic E-state index is 11.9. The van der Waals surface area contributed by atoms with Crippen LogP contribution in [0.4, 0.5) is 0 Å². The smallest absolute Gasteiger partial charge is 0.230 e. The number of para-hydroxylation sites is 3. The van der Waals surface area contributed by atoms with E-state index in [0.29, 0.717) is 30.4 Å². The number of fused-ring (bicyclic) bond motifs is 1. The van der Waals surface area contributed by atoms with Gasteiger partial charge < -0.3 is 14.8 Å². The average Bonchev–Trinajstić information content (AvgIpc) is 3.08. The van der Waals surface area contributed by atoms with E-state index in [1.54, 1.807) is 30.2 Å². The zero-order valence-electron chi connectivity index (χ0n) is 14.4. The summed E-state index contributed by atoms with van der Waals surface area (Å²) in [5, 5.41) is 3.91. The van der Waals surface area contributed by atoms with Crippen molar-refractivity contribution in [1.29, 1.82) is 0 Å². The summed E-state index contributed by atoms with van der Waals surface area (Å²) in [6.45, 7) is 0.854. The summed E-state index contributed by atoms with van der Waals surface area (Å²) in [5.74, 6) is 2.51. The van der Waals surface area contributed by atoms with Gasteiger partial charge in [-0.15, -0.1) is 23.1 Å². The minimum Gasteiger partial charge on any atom is -0.493 e. The first-order valence-electron chi connectivity index (χ1n) is 8.21. The third-order valence-corrected chi connectivity index (χ3v) is 5.71. The lowest BCUT2D eigenvalue weighted by Crippen LogP contribution is -2.29. The number of benzene rings is 2. The van der Waals surface area contributed by atoms with Crippen LogP contribution in [0.1, 0.15) is 5.01 Å². The molecule has 0 aliphatic heterocycles. The second kappa shape index (κ2) is 9.45. The minimum absolute atomic E-state index is 0.000243. The highest BCUT2D eigenvalue weighted by atomic mass is 32.2. The Kier molecular flexibility index (Phi) is 6.74.